The molecule has 132 valence electrons. The Balaban J connectivity index is 2.13. The van der Waals surface area contributed by atoms with Crippen LogP contribution in [0.15, 0.2) is 47.4 Å². The molecule has 1 aliphatic heterocycles. The zero-order valence-electron chi connectivity index (χ0n) is 14.7. The van der Waals surface area contributed by atoms with Crippen molar-refractivity contribution in [1.29, 1.82) is 0 Å². The largest absolute Gasteiger partial charge is 0.463 e. The van der Waals surface area contributed by atoms with Crippen molar-refractivity contribution in [3.8, 4) is 0 Å². The van der Waals surface area contributed by atoms with E-state index in [-0.39, 0.29) is 23.7 Å². The minimum Gasteiger partial charge on any atom is -0.463 e. The summed E-state index contributed by atoms with van der Waals surface area (Å²) in [4.78, 5) is 25.5. The van der Waals surface area contributed by atoms with Gasteiger partial charge in [0.25, 0.3) is 5.60 Å². The molecule has 1 aliphatic carbocycles. The number of benzene rings is 1. The predicted molar refractivity (Wildman–Crippen MR) is 92.1 cm³/mol. The Morgan fingerprint density at radius 1 is 1.32 bits per heavy atom. The summed E-state index contributed by atoms with van der Waals surface area (Å²) in [7, 11) is 0. The predicted octanol–water partition coefficient (Wildman–Crippen LogP) is 3.00. The second-order valence-corrected chi connectivity index (χ2v) is 6.96. The molecule has 5 nitrogen and oxygen atoms in total. The quantitative estimate of drug-likeness (QED) is 0.855. The molecular formula is C20H22O5. The van der Waals surface area contributed by atoms with Crippen molar-refractivity contribution in [2.24, 2.45) is 5.41 Å². The fraction of sp³-hybridized carbons (Fsp3) is 0.400. The number of carbonyl (C=O) groups is 2. The molecule has 0 saturated carbocycles. The molecule has 0 bridgehead atoms. The molecule has 0 radical (unpaired) electrons. The van der Waals surface area contributed by atoms with E-state index in [9.17, 15) is 14.7 Å². The highest BCUT2D eigenvalue weighted by Crippen LogP contribution is 2.49. The third-order valence-electron chi connectivity index (χ3n) is 4.72. The number of ether oxygens (including phenoxy) is 2. The molecule has 0 amide bonds. The van der Waals surface area contributed by atoms with Gasteiger partial charge < -0.3 is 14.6 Å². The summed E-state index contributed by atoms with van der Waals surface area (Å²) in [6.45, 7) is 5.37. The Morgan fingerprint density at radius 2 is 2.00 bits per heavy atom. The van der Waals surface area contributed by atoms with Crippen LogP contribution < -0.4 is 0 Å². The molecule has 25 heavy (non-hydrogen) atoms. The van der Waals surface area contributed by atoms with Crippen LogP contribution in [0.2, 0.25) is 0 Å². The van der Waals surface area contributed by atoms with Gasteiger partial charge >= 0.3 is 5.97 Å². The van der Waals surface area contributed by atoms with Crippen LogP contribution in [0.25, 0.3) is 6.08 Å². The molecule has 0 fully saturated rings. The Morgan fingerprint density at radius 3 is 2.64 bits per heavy atom. The minimum absolute atomic E-state index is 0.0179. The van der Waals surface area contributed by atoms with Gasteiger partial charge in [0.1, 0.15) is 5.76 Å². The third kappa shape index (κ3) is 2.78. The first-order valence-corrected chi connectivity index (χ1v) is 8.44. The highest BCUT2D eigenvalue weighted by Gasteiger charge is 2.59. The Hall–Kier alpha value is -2.40. The van der Waals surface area contributed by atoms with Crippen LogP contribution in [0.5, 0.6) is 0 Å². The smallest absolute Gasteiger partial charge is 0.351 e. The zero-order valence-corrected chi connectivity index (χ0v) is 14.7. The summed E-state index contributed by atoms with van der Waals surface area (Å²) >= 11 is 0. The van der Waals surface area contributed by atoms with Gasteiger partial charge in [0.05, 0.1) is 12.2 Å². The number of aliphatic hydroxyl groups is 1. The first-order chi connectivity index (χ1) is 11.8. The Labute approximate surface area is 146 Å². The summed E-state index contributed by atoms with van der Waals surface area (Å²) in [6.07, 6.45) is 2.67. The first-order valence-electron chi connectivity index (χ1n) is 8.44. The molecule has 1 heterocycles. The number of hydrogen-bond acceptors (Lipinski definition) is 5. The number of carbonyl (C=O) groups excluding carboxylic acids is 2. The second-order valence-electron chi connectivity index (χ2n) is 6.96. The number of hydrogen-bond donors (Lipinski definition) is 1. The van der Waals surface area contributed by atoms with E-state index in [0.717, 1.165) is 5.56 Å². The van der Waals surface area contributed by atoms with Crippen molar-refractivity contribution in [1.82, 2.24) is 0 Å². The number of allylic oxidation sites excluding steroid dienone is 1. The van der Waals surface area contributed by atoms with E-state index < -0.39 is 17.0 Å². The monoisotopic (exact) mass is 342 g/mol. The lowest BCUT2D eigenvalue weighted by Gasteiger charge is -2.31. The van der Waals surface area contributed by atoms with Crippen molar-refractivity contribution in [3.05, 3.63) is 53.0 Å². The molecule has 1 atom stereocenters. The molecule has 3 rings (SSSR count). The minimum atomic E-state index is -2.20. The van der Waals surface area contributed by atoms with Crippen LogP contribution in [0.1, 0.15) is 39.2 Å². The van der Waals surface area contributed by atoms with Gasteiger partial charge in [-0.25, -0.2) is 4.79 Å². The van der Waals surface area contributed by atoms with Crippen molar-refractivity contribution in [2.45, 2.75) is 39.2 Å². The molecule has 1 aromatic carbocycles. The maximum atomic E-state index is 12.9. The van der Waals surface area contributed by atoms with Gasteiger partial charge in [-0.3, -0.25) is 4.79 Å². The van der Waals surface area contributed by atoms with E-state index in [0.29, 0.717) is 18.6 Å². The van der Waals surface area contributed by atoms with Gasteiger partial charge in [-0.1, -0.05) is 44.2 Å². The lowest BCUT2D eigenvalue weighted by molar-refractivity contribution is -0.159. The highest BCUT2D eigenvalue weighted by atomic mass is 16.6. The summed E-state index contributed by atoms with van der Waals surface area (Å²) < 4.78 is 10.9. The molecular weight excluding hydrogens is 320 g/mol. The maximum Gasteiger partial charge on any atom is 0.351 e. The van der Waals surface area contributed by atoms with E-state index in [1.807, 2.05) is 44.2 Å². The first kappa shape index (κ1) is 17.4. The fourth-order valence-electron chi connectivity index (χ4n) is 3.20. The van der Waals surface area contributed by atoms with Crippen molar-refractivity contribution < 1.29 is 24.2 Å². The molecule has 0 spiro atoms. The van der Waals surface area contributed by atoms with Gasteiger partial charge in [0, 0.05) is 11.8 Å². The highest BCUT2D eigenvalue weighted by molar-refractivity contribution is 6.10. The van der Waals surface area contributed by atoms with Crippen LogP contribution in [0.3, 0.4) is 0 Å². The summed E-state index contributed by atoms with van der Waals surface area (Å²) in [5.41, 5.74) is -2.09. The number of esters is 1. The van der Waals surface area contributed by atoms with Crippen LogP contribution in [0, 0.1) is 5.41 Å². The van der Waals surface area contributed by atoms with Gasteiger partial charge in [-0.2, -0.15) is 0 Å². The SMILES string of the molecule is CCOC(=O)[C@@]1(O)C2=C(CCC(C)(C)C2=O)O/C1=C\c1ccccc1. The van der Waals surface area contributed by atoms with E-state index >= 15 is 0 Å². The lowest BCUT2D eigenvalue weighted by atomic mass is 9.71. The summed E-state index contributed by atoms with van der Waals surface area (Å²) in [5.74, 6) is -0.774. The summed E-state index contributed by atoms with van der Waals surface area (Å²) in [5, 5.41) is 11.3. The topological polar surface area (TPSA) is 72.8 Å². The standard InChI is InChI=1S/C20H22O5/c1-4-24-18(22)20(23)15(12-13-8-6-5-7-9-13)25-14-10-11-19(2,3)17(21)16(14)20/h5-9,12,23H,4,10-11H2,1-3H3/b15-12-/t20-/m0/s1. The average Bonchev–Trinajstić information content (AvgIpc) is 2.86. The second kappa shape index (κ2) is 6.15. The number of ketones is 1. The van der Waals surface area contributed by atoms with Crippen LogP contribution in [-0.2, 0) is 19.1 Å². The van der Waals surface area contributed by atoms with E-state index in [4.69, 9.17) is 9.47 Å². The normalized spacial score (nSPS) is 26.4. The molecule has 0 saturated heterocycles. The average molecular weight is 342 g/mol. The van der Waals surface area contributed by atoms with E-state index in [2.05, 4.69) is 0 Å². The van der Waals surface area contributed by atoms with Crippen LogP contribution in [0.4, 0.5) is 0 Å². The molecule has 5 heteroatoms. The third-order valence-corrected chi connectivity index (χ3v) is 4.72. The lowest BCUT2D eigenvalue weighted by Crippen LogP contribution is -2.47. The van der Waals surface area contributed by atoms with Gasteiger partial charge in [0.15, 0.2) is 11.5 Å². The Bertz CT molecular complexity index is 773. The molecule has 1 aromatic rings. The van der Waals surface area contributed by atoms with Gasteiger partial charge in [-0.15, -0.1) is 0 Å². The van der Waals surface area contributed by atoms with Gasteiger partial charge in [-0.05, 0) is 25.0 Å². The van der Waals surface area contributed by atoms with Gasteiger partial charge in [0.2, 0.25) is 0 Å². The van der Waals surface area contributed by atoms with E-state index in [1.165, 1.54) is 0 Å². The Kier molecular flexibility index (Phi) is 4.29. The van der Waals surface area contributed by atoms with Crippen molar-refractivity contribution in [3.63, 3.8) is 0 Å². The van der Waals surface area contributed by atoms with E-state index in [1.54, 1.807) is 13.0 Å². The van der Waals surface area contributed by atoms with Crippen molar-refractivity contribution >= 4 is 17.8 Å². The fourth-order valence-corrected chi connectivity index (χ4v) is 3.20. The van der Waals surface area contributed by atoms with Crippen molar-refractivity contribution in [2.75, 3.05) is 6.61 Å². The molecule has 0 aromatic heterocycles. The van der Waals surface area contributed by atoms with Crippen LogP contribution in [-0.4, -0.2) is 29.1 Å². The number of Topliss-reactive ketones (excluding diaryl/α,β-unsaturated/α-hetero) is 1. The molecule has 1 N–H and O–H groups in total. The number of rotatable bonds is 3. The molecule has 2 aliphatic rings. The summed E-state index contributed by atoms with van der Waals surface area (Å²) in [6, 6.07) is 9.19. The zero-order chi connectivity index (χ0) is 18.2. The van der Waals surface area contributed by atoms with Crippen LogP contribution >= 0.6 is 0 Å². The maximum absolute atomic E-state index is 12.9. The molecule has 0 unspecified atom stereocenters.